The Morgan fingerprint density at radius 1 is 1.10 bits per heavy atom. The molecule has 6 nitrogen and oxygen atoms in total. The second-order valence-electron chi connectivity index (χ2n) is 7.25. The van der Waals surface area contributed by atoms with E-state index in [0.717, 1.165) is 16.5 Å². The van der Waals surface area contributed by atoms with Crippen molar-refractivity contribution >= 4 is 26.8 Å². The molecule has 2 N–H and O–H groups in total. The van der Waals surface area contributed by atoms with Gasteiger partial charge in [-0.15, -0.1) is 0 Å². The van der Waals surface area contributed by atoms with Crippen molar-refractivity contribution < 1.29 is 17.6 Å². The second kappa shape index (κ2) is 7.96. The van der Waals surface area contributed by atoms with Crippen LogP contribution in [-0.2, 0) is 21.4 Å². The molecule has 1 aliphatic rings. The van der Waals surface area contributed by atoms with Gasteiger partial charge in [-0.05, 0) is 54.8 Å². The van der Waals surface area contributed by atoms with Gasteiger partial charge >= 0.3 is 0 Å². The lowest BCUT2D eigenvalue weighted by molar-refractivity contribution is -0.126. The molecule has 4 rings (SSSR count). The van der Waals surface area contributed by atoms with E-state index < -0.39 is 10.0 Å². The number of nitrogens with one attached hydrogen (secondary N) is 2. The molecule has 0 aliphatic carbocycles. The zero-order chi connectivity index (χ0) is 20.4. The third-order valence-electron chi connectivity index (χ3n) is 5.37. The van der Waals surface area contributed by atoms with E-state index in [4.69, 9.17) is 0 Å². The Morgan fingerprint density at radius 3 is 2.55 bits per heavy atom. The Hall–Kier alpha value is -2.71. The third kappa shape index (κ3) is 4.18. The van der Waals surface area contributed by atoms with E-state index in [2.05, 4.69) is 10.3 Å². The van der Waals surface area contributed by atoms with E-state index in [1.165, 1.54) is 16.4 Å². The number of fused-ring (bicyclic) bond motifs is 1. The Labute approximate surface area is 168 Å². The summed E-state index contributed by atoms with van der Waals surface area (Å²) in [5.74, 6) is -0.640. The van der Waals surface area contributed by atoms with E-state index in [1.54, 1.807) is 36.5 Å². The van der Waals surface area contributed by atoms with Crippen LogP contribution < -0.4 is 5.32 Å². The first-order chi connectivity index (χ1) is 13.9. The number of H-pyrrole nitrogens is 1. The summed E-state index contributed by atoms with van der Waals surface area (Å²) in [6, 6.07) is 12.9. The number of carbonyl (C=O) groups is 1. The fourth-order valence-electron chi connectivity index (χ4n) is 3.64. The first kappa shape index (κ1) is 19.6. The number of halogens is 1. The zero-order valence-corrected chi connectivity index (χ0v) is 16.6. The predicted molar refractivity (Wildman–Crippen MR) is 108 cm³/mol. The van der Waals surface area contributed by atoms with E-state index in [-0.39, 0.29) is 22.5 Å². The van der Waals surface area contributed by atoms with Gasteiger partial charge in [-0.1, -0.05) is 12.1 Å². The Bertz CT molecular complexity index is 1120. The number of hydrogen-bond acceptors (Lipinski definition) is 3. The monoisotopic (exact) mass is 415 g/mol. The van der Waals surface area contributed by atoms with Crippen molar-refractivity contribution in [3.63, 3.8) is 0 Å². The fourth-order valence-corrected chi connectivity index (χ4v) is 5.14. The fraction of sp³-hybridized carbons (Fsp3) is 0.286. The smallest absolute Gasteiger partial charge is 0.243 e. The number of benzene rings is 2. The molecule has 1 fully saturated rings. The molecule has 152 valence electrons. The van der Waals surface area contributed by atoms with Crippen molar-refractivity contribution in [1.82, 2.24) is 14.6 Å². The molecule has 0 radical (unpaired) electrons. The number of rotatable bonds is 5. The van der Waals surface area contributed by atoms with Gasteiger partial charge in [-0.3, -0.25) is 4.79 Å². The number of aromatic amines is 1. The molecule has 0 unspecified atom stereocenters. The highest BCUT2D eigenvalue weighted by atomic mass is 32.2. The van der Waals surface area contributed by atoms with Crippen LogP contribution in [0, 0.1) is 11.7 Å². The van der Waals surface area contributed by atoms with Gasteiger partial charge in [-0.25, -0.2) is 12.8 Å². The Balaban J connectivity index is 1.35. The molecule has 29 heavy (non-hydrogen) atoms. The van der Waals surface area contributed by atoms with E-state index in [0.29, 0.717) is 32.5 Å². The summed E-state index contributed by atoms with van der Waals surface area (Å²) in [5, 5.41) is 3.71. The van der Waals surface area contributed by atoms with Crippen molar-refractivity contribution in [3.05, 3.63) is 66.1 Å². The van der Waals surface area contributed by atoms with E-state index in [1.807, 2.05) is 6.07 Å². The number of nitrogens with zero attached hydrogens (tertiary/aromatic N) is 1. The van der Waals surface area contributed by atoms with Gasteiger partial charge in [0.2, 0.25) is 15.9 Å². The number of sulfonamides is 1. The molecule has 1 amide bonds. The van der Waals surface area contributed by atoms with Crippen LogP contribution in [-0.4, -0.2) is 36.7 Å². The summed E-state index contributed by atoms with van der Waals surface area (Å²) in [6.07, 6.45) is 2.72. The maximum atomic E-state index is 13.0. The number of amides is 1. The molecule has 2 heterocycles. The minimum absolute atomic E-state index is 0.0971. The minimum atomic E-state index is -3.59. The summed E-state index contributed by atoms with van der Waals surface area (Å²) in [6.45, 7) is 0.943. The van der Waals surface area contributed by atoms with Crippen molar-refractivity contribution in [3.8, 4) is 0 Å². The molecule has 2 aromatic carbocycles. The van der Waals surface area contributed by atoms with Crippen LogP contribution in [0.2, 0.25) is 0 Å². The number of carbonyl (C=O) groups excluding carboxylic acids is 1. The second-order valence-corrected chi connectivity index (χ2v) is 9.19. The topological polar surface area (TPSA) is 82.3 Å². The van der Waals surface area contributed by atoms with Crippen LogP contribution in [0.5, 0.6) is 0 Å². The molecule has 8 heteroatoms. The highest BCUT2D eigenvalue weighted by Crippen LogP contribution is 2.26. The SMILES string of the molecule is O=C(NCc1ccc(F)cc1)C1CCN(S(=O)(=O)c2ccc3[nH]ccc3c2)CC1. The molecule has 0 atom stereocenters. The van der Waals surface area contributed by atoms with Crippen molar-refractivity contribution in [2.24, 2.45) is 5.92 Å². The quantitative estimate of drug-likeness (QED) is 0.672. The standard InChI is InChI=1S/C21H22FN3O3S/c22-18-3-1-15(2-4-18)14-24-21(26)16-8-11-25(12-9-16)29(27,28)19-5-6-20-17(13-19)7-10-23-20/h1-7,10,13,16,23H,8-9,11-12,14H2,(H,24,26). The summed E-state index contributed by atoms with van der Waals surface area (Å²) in [4.78, 5) is 15.7. The van der Waals surface area contributed by atoms with Crippen LogP contribution in [0.25, 0.3) is 10.9 Å². The molecule has 1 aliphatic heterocycles. The van der Waals surface area contributed by atoms with Gasteiger partial charge in [0.25, 0.3) is 0 Å². The number of piperidine rings is 1. The molecule has 0 bridgehead atoms. The average Bonchev–Trinajstić information content (AvgIpc) is 3.21. The molecular weight excluding hydrogens is 393 g/mol. The average molecular weight is 415 g/mol. The maximum Gasteiger partial charge on any atom is 0.243 e. The largest absolute Gasteiger partial charge is 0.361 e. The van der Waals surface area contributed by atoms with Crippen molar-refractivity contribution in [2.45, 2.75) is 24.3 Å². The minimum Gasteiger partial charge on any atom is -0.361 e. The summed E-state index contributed by atoms with van der Waals surface area (Å²) in [7, 11) is -3.59. The van der Waals surface area contributed by atoms with Gasteiger partial charge in [-0.2, -0.15) is 4.31 Å². The van der Waals surface area contributed by atoms with Crippen molar-refractivity contribution in [2.75, 3.05) is 13.1 Å². The summed E-state index contributed by atoms with van der Waals surface area (Å²) < 4.78 is 40.3. The maximum absolute atomic E-state index is 13.0. The van der Waals surface area contributed by atoms with Crippen molar-refractivity contribution in [1.29, 1.82) is 0 Å². The number of hydrogen-bond donors (Lipinski definition) is 2. The first-order valence-electron chi connectivity index (χ1n) is 9.53. The molecule has 1 aromatic heterocycles. The van der Waals surface area contributed by atoms with Gasteiger partial charge in [0, 0.05) is 42.7 Å². The molecule has 3 aromatic rings. The Kier molecular flexibility index (Phi) is 5.38. The predicted octanol–water partition coefficient (Wildman–Crippen LogP) is 3.02. The summed E-state index contributed by atoms with van der Waals surface area (Å²) >= 11 is 0. The highest BCUT2D eigenvalue weighted by molar-refractivity contribution is 7.89. The highest BCUT2D eigenvalue weighted by Gasteiger charge is 2.32. The lowest BCUT2D eigenvalue weighted by atomic mass is 9.97. The lowest BCUT2D eigenvalue weighted by Gasteiger charge is -2.30. The van der Waals surface area contributed by atoms with Gasteiger partial charge in [0.1, 0.15) is 5.82 Å². The molecule has 0 spiro atoms. The van der Waals surface area contributed by atoms with Gasteiger partial charge in [0.05, 0.1) is 4.90 Å². The van der Waals surface area contributed by atoms with Crippen LogP contribution in [0.4, 0.5) is 4.39 Å². The van der Waals surface area contributed by atoms with Crippen LogP contribution in [0.15, 0.2) is 59.6 Å². The molecular formula is C21H22FN3O3S. The van der Waals surface area contributed by atoms with E-state index in [9.17, 15) is 17.6 Å². The first-order valence-corrected chi connectivity index (χ1v) is 11.0. The van der Waals surface area contributed by atoms with Crippen LogP contribution in [0.1, 0.15) is 18.4 Å². The van der Waals surface area contributed by atoms with Gasteiger partial charge < -0.3 is 10.3 Å². The molecule has 1 saturated heterocycles. The number of aromatic nitrogens is 1. The molecule has 0 saturated carbocycles. The summed E-state index contributed by atoms with van der Waals surface area (Å²) in [5.41, 5.74) is 1.71. The normalized spacial score (nSPS) is 16.2. The zero-order valence-electron chi connectivity index (χ0n) is 15.8. The lowest BCUT2D eigenvalue weighted by Crippen LogP contribution is -2.42. The third-order valence-corrected chi connectivity index (χ3v) is 7.26. The van der Waals surface area contributed by atoms with Crippen LogP contribution >= 0.6 is 0 Å². The van der Waals surface area contributed by atoms with Crippen LogP contribution in [0.3, 0.4) is 0 Å². The van der Waals surface area contributed by atoms with Gasteiger partial charge in [0.15, 0.2) is 0 Å². The Morgan fingerprint density at radius 2 is 1.83 bits per heavy atom. The van der Waals surface area contributed by atoms with E-state index >= 15 is 0 Å².